The molecular formula is C24H27N3O2. The summed E-state index contributed by atoms with van der Waals surface area (Å²) in [6, 6.07) is 19.2. The van der Waals surface area contributed by atoms with Gasteiger partial charge in [0, 0.05) is 19.2 Å². The summed E-state index contributed by atoms with van der Waals surface area (Å²) >= 11 is 0. The lowest BCUT2D eigenvalue weighted by Gasteiger charge is -2.32. The van der Waals surface area contributed by atoms with Crippen LogP contribution in [0.3, 0.4) is 0 Å². The highest BCUT2D eigenvalue weighted by Crippen LogP contribution is 2.23. The highest BCUT2D eigenvalue weighted by molar-refractivity contribution is 5.92. The maximum atomic E-state index is 13.0. The van der Waals surface area contributed by atoms with Crippen LogP contribution in [0.25, 0.3) is 5.69 Å². The Balaban J connectivity index is 1.43. The van der Waals surface area contributed by atoms with Gasteiger partial charge in [0.2, 0.25) is 0 Å². The summed E-state index contributed by atoms with van der Waals surface area (Å²) in [5.74, 6) is 0.410. The highest BCUT2D eigenvalue weighted by Gasteiger charge is 2.26. The molecule has 2 heterocycles. The number of nitrogens with one attached hydrogen (secondary N) is 1. The van der Waals surface area contributed by atoms with E-state index in [0.29, 0.717) is 11.6 Å². The number of amides is 1. The number of aromatic amines is 1. The fourth-order valence-electron chi connectivity index (χ4n) is 4.18. The fraction of sp³-hybridized carbons (Fsp3) is 0.333. The summed E-state index contributed by atoms with van der Waals surface area (Å²) in [7, 11) is 0. The van der Waals surface area contributed by atoms with Crippen LogP contribution >= 0.6 is 0 Å². The number of H-pyrrole nitrogens is 1. The molecular weight excluding hydrogens is 362 g/mol. The predicted molar refractivity (Wildman–Crippen MR) is 115 cm³/mol. The number of nitrogens with zero attached hydrogens (tertiary/aromatic N) is 2. The number of aryl methyl sites for hydroxylation is 2. The van der Waals surface area contributed by atoms with Gasteiger partial charge in [-0.15, -0.1) is 0 Å². The highest BCUT2D eigenvalue weighted by atomic mass is 16.2. The summed E-state index contributed by atoms with van der Waals surface area (Å²) < 4.78 is 1.42. The molecule has 1 aliphatic rings. The molecule has 3 aromatic rings. The minimum atomic E-state index is -0.215. The molecule has 1 amide bonds. The van der Waals surface area contributed by atoms with Gasteiger partial charge in [-0.05, 0) is 61.8 Å². The number of piperidine rings is 1. The molecule has 4 rings (SSSR count). The van der Waals surface area contributed by atoms with Crippen LogP contribution in [-0.4, -0.2) is 33.7 Å². The third-order valence-corrected chi connectivity index (χ3v) is 5.85. The first kappa shape index (κ1) is 19.2. The number of carbonyl (C=O) groups excluding carboxylic acids is 1. The minimum absolute atomic E-state index is 0.0858. The second kappa shape index (κ2) is 8.52. The van der Waals surface area contributed by atoms with Crippen molar-refractivity contribution in [2.75, 3.05) is 13.1 Å². The molecule has 1 N–H and O–H groups in total. The summed E-state index contributed by atoms with van der Waals surface area (Å²) in [5, 5.41) is 2.99. The molecule has 0 aliphatic carbocycles. The van der Waals surface area contributed by atoms with E-state index in [1.165, 1.54) is 21.9 Å². The lowest BCUT2D eigenvalue weighted by molar-refractivity contribution is 0.0662. The summed E-state index contributed by atoms with van der Waals surface area (Å²) in [5.41, 5.74) is 3.59. The Kier molecular flexibility index (Phi) is 5.65. The largest absolute Gasteiger partial charge is 0.337 e. The molecule has 29 heavy (non-hydrogen) atoms. The van der Waals surface area contributed by atoms with E-state index in [2.05, 4.69) is 36.3 Å². The average Bonchev–Trinajstić information content (AvgIpc) is 3.15. The van der Waals surface area contributed by atoms with E-state index in [1.807, 2.05) is 35.2 Å². The molecule has 5 heteroatoms. The second-order valence-corrected chi connectivity index (χ2v) is 7.90. The number of hydrogen-bond donors (Lipinski definition) is 1. The predicted octanol–water partition coefficient (Wildman–Crippen LogP) is 3.96. The summed E-state index contributed by atoms with van der Waals surface area (Å²) in [4.78, 5) is 27.3. The van der Waals surface area contributed by atoms with Crippen molar-refractivity contribution in [1.82, 2.24) is 14.7 Å². The maximum absolute atomic E-state index is 13.0. The number of para-hydroxylation sites is 1. The molecule has 5 nitrogen and oxygen atoms in total. The van der Waals surface area contributed by atoms with E-state index in [4.69, 9.17) is 0 Å². The van der Waals surface area contributed by atoms with Gasteiger partial charge in [0.05, 0.1) is 5.69 Å². The summed E-state index contributed by atoms with van der Waals surface area (Å²) in [6.07, 6.45) is 4.28. The standard InChI is InChI=1S/C24H27N3O2/c1-18-8-5-6-10-20(18)14-13-19-9-7-15-26(17-19)24(29)22-16-23(28)27(25-22)21-11-3-2-4-12-21/h2-6,8,10-12,16,19,25H,7,9,13-15,17H2,1H3/t19-/m1/s1. The Hall–Kier alpha value is -3.08. The van der Waals surface area contributed by atoms with Gasteiger partial charge in [0.1, 0.15) is 5.69 Å². The number of likely N-dealkylation sites (tertiary alicyclic amines) is 1. The molecule has 2 aromatic carbocycles. The number of hydrogen-bond acceptors (Lipinski definition) is 2. The van der Waals surface area contributed by atoms with Gasteiger partial charge in [-0.25, -0.2) is 4.68 Å². The van der Waals surface area contributed by atoms with Crippen LogP contribution in [0.4, 0.5) is 0 Å². The Morgan fingerprint density at radius 1 is 1.10 bits per heavy atom. The third-order valence-electron chi connectivity index (χ3n) is 5.85. The monoisotopic (exact) mass is 389 g/mol. The molecule has 0 spiro atoms. The second-order valence-electron chi connectivity index (χ2n) is 7.90. The van der Waals surface area contributed by atoms with E-state index in [0.717, 1.165) is 44.5 Å². The zero-order valence-electron chi connectivity index (χ0n) is 16.8. The van der Waals surface area contributed by atoms with Crippen LogP contribution < -0.4 is 5.56 Å². The van der Waals surface area contributed by atoms with E-state index < -0.39 is 0 Å². The lowest BCUT2D eigenvalue weighted by Crippen LogP contribution is -2.40. The van der Waals surface area contributed by atoms with Crippen molar-refractivity contribution < 1.29 is 4.79 Å². The Morgan fingerprint density at radius 3 is 2.66 bits per heavy atom. The van der Waals surface area contributed by atoms with Crippen molar-refractivity contribution >= 4 is 5.91 Å². The van der Waals surface area contributed by atoms with Crippen molar-refractivity contribution in [3.63, 3.8) is 0 Å². The molecule has 0 bridgehead atoms. The first-order chi connectivity index (χ1) is 14.1. The minimum Gasteiger partial charge on any atom is -0.337 e. The quantitative estimate of drug-likeness (QED) is 0.718. The molecule has 1 aliphatic heterocycles. The normalized spacial score (nSPS) is 16.7. The zero-order valence-corrected chi connectivity index (χ0v) is 16.8. The smallest absolute Gasteiger partial charge is 0.271 e. The van der Waals surface area contributed by atoms with Gasteiger partial charge in [-0.3, -0.25) is 14.7 Å². The van der Waals surface area contributed by atoms with Crippen LogP contribution in [0.1, 0.15) is 40.9 Å². The molecule has 150 valence electrons. The SMILES string of the molecule is Cc1ccccc1CC[C@H]1CCCN(C(=O)c2cc(=O)n(-c3ccccc3)[nH]2)C1. The molecule has 1 aromatic heterocycles. The third kappa shape index (κ3) is 4.34. The Morgan fingerprint density at radius 2 is 1.86 bits per heavy atom. The zero-order chi connectivity index (χ0) is 20.2. The first-order valence-electron chi connectivity index (χ1n) is 10.3. The topological polar surface area (TPSA) is 58.1 Å². The molecule has 1 saturated heterocycles. The van der Waals surface area contributed by atoms with Gasteiger partial charge in [-0.2, -0.15) is 0 Å². The average molecular weight is 389 g/mol. The first-order valence-corrected chi connectivity index (χ1v) is 10.3. The summed E-state index contributed by atoms with van der Waals surface area (Å²) in [6.45, 7) is 3.65. The Labute approximate surface area is 171 Å². The van der Waals surface area contributed by atoms with Crippen molar-refractivity contribution in [3.05, 3.63) is 87.8 Å². The van der Waals surface area contributed by atoms with E-state index in [9.17, 15) is 9.59 Å². The lowest BCUT2D eigenvalue weighted by atomic mass is 9.90. The number of benzene rings is 2. The van der Waals surface area contributed by atoms with Gasteiger partial charge in [0.25, 0.3) is 11.5 Å². The van der Waals surface area contributed by atoms with Crippen molar-refractivity contribution in [3.8, 4) is 5.69 Å². The Bertz CT molecular complexity index is 1040. The van der Waals surface area contributed by atoms with Crippen molar-refractivity contribution in [2.24, 2.45) is 5.92 Å². The van der Waals surface area contributed by atoms with Crippen molar-refractivity contribution in [2.45, 2.75) is 32.6 Å². The number of aromatic nitrogens is 2. The molecule has 0 saturated carbocycles. The fourth-order valence-corrected chi connectivity index (χ4v) is 4.18. The molecule has 0 radical (unpaired) electrons. The van der Waals surface area contributed by atoms with Crippen molar-refractivity contribution in [1.29, 1.82) is 0 Å². The number of carbonyl (C=O) groups is 1. The van der Waals surface area contributed by atoms with Crippen LogP contribution in [0.2, 0.25) is 0 Å². The van der Waals surface area contributed by atoms with E-state index in [-0.39, 0.29) is 11.5 Å². The van der Waals surface area contributed by atoms with Gasteiger partial charge >= 0.3 is 0 Å². The van der Waals surface area contributed by atoms with Crippen LogP contribution in [0, 0.1) is 12.8 Å². The molecule has 1 atom stereocenters. The molecule has 0 unspecified atom stereocenters. The number of rotatable bonds is 5. The van der Waals surface area contributed by atoms with Gasteiger partial charge in [0.15, 0.2) is 0 Å². The maximum Gasteiger partial charge on any atom is 0.271 e. The molecule has 1 fully saturated rings. The van der Waals surface area contributed by atoms with Gasteiger partial charge in [-0.1, -0.05) is 42.5 Å². The van der Waals surface area contributed by atoms with Crippen LogP contribution in [0.15, 0.2) is 65.5 Å². The van der Waals surface area contributed by atoms with E-state index in [1.54, 1.807) is 0 Å². The van der Waals surface area contributed by atoms with Gasteiger partial charge < -0.3 is 4.90 Å². The van der Waals surface area contributed by atoms with Crippen LogP contribution in [-0.2, 0) is 6.42 Å². The van der Waals surface area contributed by atoms with E-state index >= 15 is 0 Å². The van der Waals surface area contributed by atoms with Crippen LogP contribution in [0.5, 0.6) is 0 Å².